The zero-order valence-electron chi connectivity index (χ0n) is 14.8. The summed E-state index contributed by atoms with van der Waals surface area (Å²) >= 11 is 0. The summed E-state index contributed by atoms with van der Waals surface area (Å²) in [4.78, 5) is 15.8. The Labute approximate surface area is 162 Å². The molecule has 1 N–H and O–H groups in total. The van der Waals surface area contributed by atoms with E-state index in [0.717, 1.165) is 18.5 Å². The van der Waals surface area contributed by atoms with Crippen molar-refractivity contribution in [2.45, 2.75) is 13.1 Å². The second-order valence-electron chi connectivity index (χ2n) is 5.96. The molecule has 3 aromatic rings. The molecule has 0 aliphatic carbocycles. The van der Waals surface area contributed by atoms with Crippen LogP contribution in [0.3, 0.4) is 0 Å². The number of pyridine rings is 2. The van der Waals surface area contributed by atoms with Gasteiger partial charge in [-0.15, -0.1) is 0 Å². The van der Waals surface area contributed by atoms with Crippen LogP contribution in [0, 0.1) is 17.9 Å². The van der Waals surface area contributed by atoms with Crippen LogP contribution >= 0.6 is 0 Å². The first-order valence-corrected chi connectivity index (χ1v) is 8.15. The maximum atomic E-state index is 14.6. The summed E-state index contributed by atoms with van der Waals surface area (Å²) in [6.07, 6.45) is -1.52. The lowest BCUT2D eigenvalue weighted by atomic mass is 10.1. The van der Waals surface area contributed by atoms with Crippen LogP contribution in [0.15, 0.2) is 55.0 Å². The molecule has 0 unspecified atom stereocenters. The highest BCUT2D eigenvalue weighted by molar-refractivity contribution is 6.06. The van der Waals surface area contributed by atoms with E-state index in [-0.39, 0.29) is 22.7 Å². The van der Waals surface area contributed by atoms with E-state index < -0.39 is 29.2 Å². The number of aromatic nitrogens is 2. The Morgan fingerprint density at radius 1 is 1.21 bits per heavy atom. The fourth-order valence-electron chi connectivity index (χ4n) is 2.42. The fraction of sp³-hybridized carbons (Fsp3) is 0.105. The lowest BCUT2D eigenvalue weighted by molar-refractivity contribution is -0.604. The number of rotatable bonds is 4. The van der Waals surface area contributed by atoms with Crippen LogP contribution < -0.4 is 14.8 Å². The first kappa shape index (κ1) is 20.1. The Morgan fingerprint density at radius 2 is 1.97 bits per heavy atom. The molecule has 0 aliphatic heterocycles. The Balaban J connectivity index is 1.92. The van der Waals surface area contributed by atoms with Gasteiger partial charge in [-0.3, -0.25) is 4.79 Å². The summed E-state index contributed by atoms with van der Waals surface area (Å²) in [5.74, 6) is -2.11. The molecule has 150 valence electrons. The number of hydrogen-bond donors (Lipinski definition) is 1. The highest BCUT2D eigenvalue weighted by Gasteiger charge is 2.32. The molecule has 2 heterocycles. The summed E-state index contributed by atoms with van der Waals surface area (Å²) in [6.45, 7) is 1.43. The Morgan fingerprint density at radius 3 is 2.59 bits per heavy atom. The zero-order chi connectivity index (χ0) is 21.2. The molecule has 1 amide bonds. The number of carbonyl (C=O) groups excluding carboxylic acids is 1. The third kappa shape index (κ3) is 4.60. The lowest BCUT2D eigenvalue weighted by Crippen LogP contribution is -2.26. The zero-order valence-corrected chi connectivity index (χ0v) is 14.8. The average Bonchev–Trinajstić information content (AvgIpc) is 2.64. The van der Waals surface area contributed by atoms with Crippen molar-refractivity contribution in [1.82, 2.24) is 4.98 Å². The standard InChI is InChI=1S/C19H13F4N3O3/c1-11-4-6-14(29-13-5-7-15(24-9-13)19(21,22)23)16(17(11)20)18(27)25-12-3-2-8-26(28)10-12/h2-10H,1H3,(H,25,27). The second-order valence-corrected chi connectivity index (χ2v) is 5.96. The number of anilines is 1. The molecule has 0 atom stereocenters. The van der Waals surface area contributed by atoms with Gasteiger partial charge >= 0.3 is 6.18 Å². The minimum absolute atomic E-state index is 0.118. The molecule has 6 nitrogen and oxygen atoms in total. The van der Waals surface area contributed by atoms with Gasteiger partial charge in [0.25, 0.3) is 5.91 Å². The normalized spacial score (nSPS) is 11.2. The van der Waals surface area contributed by atoms with E-state index in [1.807, 2.05) is 0 Å². The van der Waals surface area contributed by atoms with Crippen LogP contribution in [-0.4, -0.2) is 10.9 Å². The fourth-order valence-corrected chi connectivity index (χ4v) is 2.42. The van der Waals surface area contributed by atoms with E-state index in [1.54, 1.807) is 0 Å². The van der Waals surface area contributed by atoms with Crippen LogP contribution in [0.5, 0.6) is 11.5 Å². The number of benzene rings is 1. The van der Waals surface area contributed by atoms with E-state index in [1.165, 1.54) is 37.4 Å². The number of nitrogens with one attached hydrogen (secondary N) is 1. The van der Waals surface area contributed by atoms with Gasteiger partial charge in [-0.1, -0.05) is 6.07 Å². The molecule has 0 fully saturated rings. The van der Waals surface area contributed by atoms with E-state index in [9.17, 15) is 27.6 Å². The van der Waals surface area contributed by atoms with Gasteiger partial charge in [0.2, 0.25) is 6.20 Å². The quantitative estimate of drug-likeness (QED) is 0.399. The molecule has 0 spiro atoms. The minimum Gasteiger partial charge on any atom is -0.619 e. The second kappa shape index (κ2) is 7.74. The Bertz CT molecular complexity index is 1050. The SMILES string of the molecule is Cc1ccc(Oc2ccc(C(F)(F)F)nc2)c(C(=O)Nc2ccc[n+]([O-])c2)c1F. The highest BCUT2D eigenvalue weighted by atomic mass is 19.4. The van der Waals surface area contributed by atoms with Gasteiger partial charge in [-0.2, -0.15) is 17.9 Å². The maximum absolute atomic E-state index is 14.6. The molecule has 1 aromatic carbocycles. The molecule has 0 radical (unpaired) electrons. The summed E-state index contributed by atoms with van der Waals surface area (Å²) in [5, 5.41) is 13.7. The van der Waals surface area contributed by atoms with E-state index in [2.05, 4.69) is 10.3 Å². The van der Waals surface area contributed by atoms with Crippen molar-refractivity contribution in [3.8, 4) is 11.5 Å². The monoisotopic (exact) mass is 407 g/mol. The molecule has 29 heavy (non-hydrogen) atoms. The summed E-state index contributed by atoms with van der Waals surface area (Å²) < 4.78 is 58.4. The van der Waals surface area contributed by atoms with Crippen LogP contribution in [0.4, 0.5) is 23.2 Å². The molecule has 0 saturated heterocycles. The van der Waals surface area contributed by atoms with E-state index in [0.29, 0.717) is 10.8 Å². The van der Waals surface area contributed by atoms with E-state index in [4.69, 9.17) is 4.74 Å². The van der Waals surface area contributed by atoms with Crippen molar-refractivity contribution in [1.29, 1.82) is 0 Å². The summed E-state index contributed by atoms with van der Waals surface area (Å²) in [7, 11) is 0. The number of nitrogens with zero attached hydrogens (tertiary/aromatic N) is 2. The predicted octanol–water partition coefficient (Wildman–Crippen LogP) is 4.23. The van der Waals surface area contributed by atoms with Crippen molar-refractivity contribution in [3.05, 3.63) is 82.8 Å². The maximum Gasteiger partial charge on any atom is 0.433 e. The molecule has 2 aromatic heterocycles. The van der Waals surface area contributed by atoms with Crippen LogP contribution in [-0.2, 0) is 6.18 Å². The summed E-state index contributed by atoms with van der Waals surface area (Å²) in [5.41, 5.74) is -1.31. The third-order valence-corrected chi connectivity index (χ3v) is 3.81. The van der Waals surface area contributed by atoms with Gasteiger partial charge < -0.3 is 15.3 Å². The van der Waals surface area contributed by atoms with Crippen molar-refractivity contribution in [3.63, 3.8) is 0 Å². The minimum atomic E-state index is -4.62. The van der Waals surface area contributed by atoms with Crippen molar-refractivity contribution < 1.29 is 31.8 Å². The number of alkyl halides is 3. The number of halogens is 4. The highest BCUT2D eigenvalue weighted by Crippen LogP contribution is 2.32. The predicted molar refractivity (Wildman–Crippen MR) is 93.8 cm³/mol. The molecular weight excluding hydrogens is 394 g/mol. The van der Waals surface area contributed by atoms with E-state index >= 15 is 0 Å². The molecular formula is C19H13F4N3O3. The van der Waals surface area contributed by atoms with Gasteiger partial charge in [-0.25, -0.2) is 9.37 Å². The van der Waals surface area contributed by atoms with Crippen LogP contribution in [0.1, 0.15) is 21.6 Å². The number of ether oxygens (including phenoxy) is 1. The molecule has 10 heteroatoms. The largest absolute Gasteiger partial charge is 0.619 e. The first-order valence-electron chi connectivity index (χ1n) is 8.15. The van der Waals surface area contributed by atoms with Crippen molar-refractivity contribution >= 4 is 11.6 Å². The lowest BCUT2D eigenvalue weighted by Gasteiger charge is -2.14. The number of carbonyl (C=O) groups is 1. The average molecular weight is 407 g/mol. The Kier molecular flexibility index (Phi) is 5.35. The number of aryl methyl sites for hydroxylation is 1. The van der Waals surface area contributed by atoms with Crippen molar-refractivity contribution in [2.24, 2.45) is 0 Å². The number of amides is 1. The van der Waals surface area contributed by atoms with Gasteiger partial charge in [0.15, 0.2) is 6.20 Å². The van der Waals surface area contributed by atoms with Crippen LogP contribution in [0.2, 0.25) is 0 Å². The Hall–Kier alpha value is -3.69. The molecule has 3 rings (SSSR count). The van der Waals surface area contributed by atoms with Gasteiger partial charge in [-0.05, 0) is 36.8 Å². The van der Waals surface area contributed by atoms with Crippen LogP contribution in [0.25, 0.3) is 0 Å². The first-order chi connectivity index (χ1) is 13.6. The van der Waals surface area contributed by atoms with Gasteiger partial charge in [0, 0.05) is 6.07 Å². The summed E-state index contributed by atoms with van der Waals surface area (Å²) in [6, 6.07) is 7.20. The third-order valence-electron chi connectivity index (χ3n) is 3.81. The van der Waals surface area contributed by atoms with Gasteiger partial charge in [0.05, 0.1) is 6.20 Å². The molecule has 0 saturated carbocycles. The smallest absolute Gasteiger partial charge is 0.433 e. The molecule has 0 aliphatic rings. The number of hydrogen-bond acceptors (Lipinski definition) is 4. The van der Waals surface area contributed by atoms with Gasteiger partial charge in [0.1, 0.15) is 34.3 Å². The molecule has 0 bridgehead atoms. The topological polar surface area (TPSA) is 78.2 Å². The van der Waals surface area contributed by atoms with Crippen molar-refractivity contribution in [2.75, 3.05) is 5.32 Å².